The molecule has 0 saturated heterocycles. The van der Waals surface area contributed by atoms with Crippen molar-refractivity contribution in [1.29, 1.82) is 0 Å². The van der Waals surface area contributed by atoms with Gasteiger partial charge in [-0.2, -0.15) is 0 Å². The summed E-state index contributed by atoms with van der Waals surface area (Å²) in [6.45, 7) is 2.06. The molecule has 0 atom stereocenters. The fourth-order valence-corrected chi connectivity index (χ4v) is 0.587. The molecule has 66 valence electrons. The van der Waals surface area contributed by atoms with E-state index in [0.29, 0.717) is 12.8 Å². The van der Waals surface area contributed by atoms with Gasteiger partial charge < -0.3 is 0 Å². The smallest absolute Gasteiger partial charge is 0.206 e. The molecule has 0 bridgehead atoms. The van der Waals surface area contributed by atoms with E-state index >= 15 is 0 Å². The van der Waals surface area contributed by atoms with E-state index in [2.05, 4.69) is 30.6 Å². The van der Waals surface area contributed by atoms with Crippen molar-refractivity contribution in [2.24, 2.45) is 0 Å². The highest BCUT2D eigenvalue weighted by Gasteiger charge is 1.91. The predicted octanol–water partition coefficient (Wildman–Crippen LogP) is 1.78. The lowest BCUT2D eigenvalue weighted by molar-refractivity contribution is -0.113. The highest BCUT2D eigenvalue weighted by atomic mass is 16.1. The number of terminal acetylenes is 1. The van der Waals surface area contributed by atoms with E-state index < -0.39 is 0 Å². The summed E-state index contributed by atoms with van der Waals surface area (Å²) in [6, 6.07) is 0. The molecule has 0 aromatic rings. The van der Waals surface area contributed by atoms with Crippen molar-refractivity contribution in [3.05, 3.63) is 0 Å². The van der Waals surface area contributed by atoms with Crippen LogP contribution in [0.4, 0.5) is 0 Å². The maximum atomic E-state index is 10.6. The van der Waals surface area contributed by atoms with Gasteiger partial charge in [0.1, 0.15) is 0 Å². The molecule has 0 aliphatic carbocycles. The summed E-state index contributed by atoms with van der Waals surface area (Å²) in [6.07, 6.45) is 7.63. The van der Waals surface area contributed by atoms with E-state index in [0.717, 1.165) is 12.8 Å². The van der Waals surface area contributed by atoms with Gasteiger partial charge in [-0.1, -0.05) is 18.8 Å². The Kier molecular flexibility index (Phi) is 7.37. The molecule has 0 radical (unpaired) electrons. The largest absolute Gasteiger partial charge is 0.285 e. The van der Waals surface area contributed by atoms with Crippen LogP contribution in [-0.4, -0.2) is 5.78 Å². The molecule has 0 fully saturated rings. The van der Waals surface area contributed by atoms with Crippen molar-refractivity contribution < 1.29 is 4.79 Å². The molecule has 1 nitrogen and oxygen atoms in total. The van der Waals surface area contributed by atoms with Crippen LogP contribution in [-0.2, 0) is 4.79 Å². The maximum absolute atomic E-state index is 10.6. The SMILES string of the molecule is C#CC(=O)CCC#CC#CCCC. The average molecular weight is 172 g/mol. The number of hydrogen-bond donors (Lipinski definition) is 0. The second-order valence-electron chi connectivity index (χ2n) is 2.42. The molecule has 0 heterocycles. The fourth-order valence-electron chi connectivity index (χ4n) is 0.587. The van der Waals surface area contributed by atoms with E-state index in [-0.39, 0.29) is 5.78 Å². The monoisotopic (exact) mass is 172 g/mol. The van der Waals surface area contributed by atoms with Crippen LogP contribution in [0.5, 0.6) is 0 Å². The Labute approximate surface area is 79.9 Å². The van der Waals surface area contributed by atoms with Gasteiger partial charge in [0.05, 0.1) is 0 Å². The first-order chi connectivity index (χ1) is 6.31. The zero-order valence-electron chi connectivity index (χ0n) is 7.81. The summed E-state index contributed by atoms with van der Waals surface area (Å²) < 4.78 is 0. The normalized spacial score (nSPS) is 7.08. The van der Waals surface area contributed by atoms with Crippen molar-refractivity contribution in [2.45, 2.75) is 32.6 Å². The van der Waals surface area contributed by atoms with E-state index in [4.69, 9.17) is 6.42 Å². The minimum Gasteiger partial charge on any atom is -0.285 e. The van der Waals surface area contributed by atoms with Gasteiger partial charge >= 0.3 is 0 Å². The number of carbonyl (C=O) groups excluding carboxylic acids is 1. The molecule has 13 heavy (non-hydrogen) atoms. The Bertz CT molecular complexity index is 309. The van der Waals surface area contributed by atoms with E-state index in [9.17, 15) is 4.79 Å². The predicted molar refractivity (Wildman–Crippen MR) is 53.5 cm³/mol. The van der Waals surface area contributed by atoms with E-state index in [1.54, 1.807) is 0 Å². The standard InChI is InChI=1S/C12H12O/c1-3-5-6-7-8-9-10-11-12(13)4-2/h2H,3,5,10-11H2,1H3. The van der Waals surface area contributed by atoms with Gasteiger partial charge in [0.25, 0.3) is 0 Å². The first-order valence-electron chi connectivity index (χ1n) is 4.26. The number of unbranched alkanes of at least 4 members (excludes halogenated alkanes) is 1. The quantitative estimate of drug-likeness (QED) is 0.468. The summed E-state index contributed by atoms with van der Waals surface area (Å²) in [7, 11) is 0. The third kappa shape index (κ3) is 8.25. The number of rotatable bonds is 3. The Morgan fingerprint density at radius 1 is 1.23 bits per heavy atom. The molecule has 0 saturated carbocycles. The molecule has 0 rings (SSSR count). The molecular weight excluding hydrogens is 160 g/mol. The van der Waals surface area contributed by atoms with Crippen molar-refractivity contribution in [3.8, 4) is 36.0 Å². The van der Waals surface area contributed by atoms with Crippen LogP contribution in [0, 0.1) is 36.0 Å². The third-order valence-electron chi connectivity index (χ3n) is 1.25. The second kappa shape index (κ2) is 8.45. The van der Waals surface area contributed by atoms with Crippen molar-refractivity contribution in [2.75, 3.05) is 0 Å². The molecule has 0 N–H and O–H groups in total. The van der Waals surface area contributed by atoms with Gasteiger partial charge in [-0.25, -0.2) is 0 Å². The second-order valence-corrected chi connectivity index (χ2v) is 2.42. The lowest BCUT2D eigenvalue weighted by Gasteiger charge is -1.81. The highest BCUT2D eigenvalue weighted by Crippen LogP contribution is 1.86. The zero-order chi connectivity index (χ0) is 9.94. The summed E-state index contributed by atoms with van der Waals surface area (Å²) in [5, 5.41) is 0. The molecule has 0 aliphatic rings. The van der Waals surface area contributed by atoms with Gasteiger partial charge in [-0.15, -0.1) is 6.42 Å². The van der Waals surface area contributed by atoms with Gasteiger partial charge in [0.15, 0.2) is 0 Å². The van der Waals surface area contributed by atoms with Gasteiger partial charge in [-0.3, -0.25) is 4.79 Å². The maximum Gasteiger partial charge on any atom is 0.206 e. The van der Waals surface area contributed by atoms with E-state index in [1.807, 2.05) is 5.92 Å². The van der Waals surface area contributed by atoms with Crippen molar-refractivity contribution in [3.63, 3.8) is 0 Å². The Morgan fingerprint density at radius 3 is 2.38 bits per heavy atom. The molecule has 0 aromatic heterocycles. The Morgan fingerprint density at radius 2 is 1.85 bits per heavy atom. The van der Waals surface area contributed by atoms with Crippen LogP contribution >= 0.6 is 0 Å². The molecule has 0 amide bonds. The molecular formula is C12H12O. The van der Waals surface area contributed by atoms with Crippen LogP contribution in [0.2, 0.25) is 0 Å². The van der Waals surface area contributed by atoms with Gasteiger partial charge in [0.2, 0.25) is 5.78 Å². The lowest BCUT2D eigenvalue weighted by atomic mass is 10.2. The summed E-state index contributed by atoms with van der Waals surface area (Å²) in [5.74, 6) is 12.9. The molecule has 0 spiro atoms. The number of ketones is 1. The number of Topliss-reactive ketones (excluding diaryl/α,β-unsaturated/α-hetero) is 1. The zero-order valence-corrected chi connectivity index (χ0v) is 7.81. The number of hydrogen-bond acceptors (Lipinski definition) is 1. The van der Waals surface area contributed by atoms with E-state index in [1.165, 1.54) is 0 Å². The molecule has 1 heteroatoms. The highest BCUT2D eigenvalue weighted by molar-refractivity contribution is 5.94. The van der Waals surface area contributed by atoms with Crippen LogP contribution in [0.3, 0.4) is 0 Å². The van der Waals surface area contributed by atoms with Crippen LogP contribution in [0.25, 0.3) is 0 Å². The first kappa shape index (κ1) is 11.4. The Balaban J connectivity index is 3.60. The van der Waals surface area contributed by atoms with Crippen LogP contribution in [0.15, 0.2) is 0 Å². The third-order valence-corrected chi connectivity index (χ3v) is 1.25. The summed E-state index contributed by atoms with van der Waals surface area (Å²) in [5.41, 5.74) is 0. The van der Waals surface area contributed by atoms with Crippen molar-refractivity contribution in [1.82, 2.24) is 0 Å². The molecule has 0 aliphatic heterocycles. The first-order valence-corrected chi connectivity index (χ1v) is 4.26. The van der Waals surface area contributed by atoms with Gasteiger partial charge in [-0.05, 0) is 24.2 Å². The topological polar surface area (TPSA) is 17.1 Å². The fraction of sp³-hybridized carbons (Fsp3) is 0.417. The molecule has 0 unspecified atom stereocenters. The minimum absolute atomic E-state index is 0.198. The van der Waals surface area contributed by atoms with Crippen LogP contribution < -0.4 is 0 Å². The minimum atomic E-state index is -0.198. The summed E-state index contributed by atoms with van der Waals surface area (Å²) in [4.78, 5) is 10.6. The van der Waals surface area contributed by atoms with Crippen molar-refractivity contribution >= 4 is 5.78 Å². The average Bonchev–Trinajstić information content (AvgIpc) is 2.16. The Hall–Kier alpha value is -1.65. The molecule has 0 aromatic carbocycles. The van der Waals surface area contributed by atoms with Gasteiger partial charge in [0, 0.05) is 19.3 Å². The number of carbonyl (C=O) groups is 1. The summed E-state index contributed by atoms with van der Waals surface area (Å²) >= 11 is 0. The lowest BCUT2D eigenvalue weighted by Crippen LogP contribution is -1.89. The van der Waals surface area contributed by atoms with Crippen LogP contribution in [0.1, 0.15) is 32.6 Å².